The third-order valence-corrected chi connectivity index (χ3v) is 4.58. The van der Waals surface area contributed by atoms with Gasteiger partial charge in [0.2, 0.25) is 0 Å². The van der Waals surface area contributed by atoms with Gasteiger partial charge in [0.15, 0.2) is 0 Å². The zero-order chi connectivity index (χ0) is 18.6. The lowest BCUT2D eigenvalue weighted by Gasteiger charge is -2.18. The van der Waals surface area contributed by atoms with E-state index in [-0.39, 0.29) is 0 Å². The summed E-state index contributed by atoms with van der Waals surface area (Å²) in [6.07, 6.45) is 7.74. The Morgan fingerprint density at radius 2 is 2.08 bits per heavy atom. The Bertz CT molecular complexity index is 581. The Morgan fingerprint density at radius 3 is 2.73 bits per heavy atom. The zero-order valence-electron chi connectivity index (χ0n) is 16.1. The first kappa shape index (κ1) is 20.4. The molecule has 0 radical (unpaired) electrons. The second-order valence-electron chi connectivity index (χ2n) is 6.49. The number of nitrogens with zero attached hydrogens (tertiary/aromatic N) is 3. The van der Waals surface area contributed by atoms with Crippen LogP contribution in [0, 0.1) is 0 Å². The van der Waals surface area contributed by atoms with E-state index >= 15 is 0 Å². The van der Waals surface area contributed by atoms with E-state index in [0.717, 1.165) is 51.4 Å². The van der Waals surface area contributed by atoms with E-state index in [1.807, 2.05) is 18.7 Å². The normalized spacial score (nSPS) is 12.5. The molecule has 0 aliphatic heterocycles. The molecule has 1 atom stereocenters. The molecule has 0 spiro atoms. The van der Waals surface area contributed by atoms with Crippen LogP contribution >= 0.6 is 0 Å². The predicted molar refractivity (Wildman–Crippen MR) is 106 cm³/mol. The summed E-state index contributed by atoms with van der Waals surface area (Å²) in [4.78, 5) is 6.26. The molecule has 6 heteroatoms. The van der Waals surface area contributed by atoms with Gasteiger partial charge >= 0.3 is 0 Å². The molecule has 1 unspecified atom stereocenters. The van der Waals surface area contributed by atoms with Crippen molar-refractivity contribution in [3.63, 3.8) is 0 Å². The number of nitrogens with one attached hydrogen (secondary N) is 1. The summed E-state index contributed by atoms with van der Waals surface area (Å²) in [7, 11) is 0. The van der Waals surface area contributed by atoms with Crippen molar-refractivity contribution in [1.29, 1.82) is 0 Å². The fourth-order valence-electron chi connectivity index (χ4n) is 2.83. The van der Waals surface area contributed by atoms with Crippen molar-refractivity contribution in [3.05, 3.63) is 48.5 Å². The highest BCUT2D eigenvalue weighted by molar-refractivity contribution is 5.28. The number of nitrogens with two attached hydrogens (primary N) is 1. The SMILES string of the molecule is CCN(CN)CCCOc1ccc(C(C)NCCCn2ccnc2)cc1. The van der Waals surface area contributed by atoms with Crippen LogP contribution in [-0.4, -0.2) is 47.4 Å². The number of benzene rings is 1. The minimum absolute atomic E-state index is 0.328. The first-order valence-corrected chi connectivity index (χ1v) is 9.57. The van der Waals surface area contributed by atoms with Crippen molar-refractivity contribution in [3.8, 4) is 5.75 Å². The van der Waals surface area contributed by atoms with E-state index in [2.05, 4.69) is 57.9 Å². The fraction of sp³-hybridized carbons (Fsp3) is 0.550. The highest BCUT2D eigenvalue weighted by Gasteiger charge is 2.05. The molecule has 0 aliphatic rings. The zero-order valence-corrected chi connectivity index (χ0v) is 16.1. The molecule has 1 aromatic carbocycles. The van der Waals surface area contributed by atoms with E-state index in [1.54, 1.807) is 0 Å². The van der Waals surface area contributed by atoms with E-state index in [4.69, 9.17) is 10.5 Å². The molecule has 1 heterocycles. The maximum Gasteiger partial charge on any atom is 0.119 e. The molecule has 0 saturated carbocycles. The van der Waals surface area contributed by atoms with Gasteiger partial charge in [-0.2, -0.15) is 0 Å². The van der Waals surface area contributed by atoms with Gasteiger partial charge in [-0.3, -0.25) is 4.90 Å². The molecule has 3 N–H and O–H groups in total. The molecule has 0 aliphatic carbocycles. The van der Waals surface area contributed by atoms with Crippen LogP contribution < -0.4 is 15.8 Å². The van der Waals surface area contributed by atoms with Crippen LogP contribution in [0.1, 0.15) is 38.3 Å². The van der Waals surface area contributed by atoms with Gasteiger partial charge in [0, 0.05) is 38.2 Å². The molecule has 6 nitrogen and oxygen atoms in total. The van der Waals surface area contributed by atoms with Crippen LogP contribution in [0.2, 0.25) is 0 Å². The monoisotopic (exact) mass is 359 g/mol. The van der Waals surface area contributed by atoms with Gasteiger partial charge < -0.3 is 20.4 Å². The highest BCUT2D eigenvalue weighted by Crippen LogP contribution is 2.17. The number of imidazole rings is 1. The number of hydrogen-bond acceptors (Lipinski definition) is 5. The molecule has 2 aromatic rings. The maximum atomic E-state index is 5.82. The van der Waals surface area contributed by atoms with Gasteiger partial charge in [-0.15, -0.1) is 0 Å². The molecular weight excluding hydrogens is 326 g/mol. The van der Waals surface area contributed by atoms with Gasteiger partial charge in [0.25, 0.3) is 0 Å². The van der Waals surface area contributed by atoms with Crippen molar-refractivity contribution in [2.75, 3.05) is 32.9 Å². The van der Waals surface area contributed by atoms with E-state index in [1.165, 1.54) is 5.56 Å². The van der Waals surface area contributed by atoms with Crippen LogP contribution in [0.25, 0.3) is 0 Å². The first-order chi connectivity index (χ1) is 12.7. The molecule has 0 fully saturated rings. The van der Waals surface area contributed by atoms with Crippen LogP contribution in [-0.2, 0) is 6.54 Å². The van der Waals surface area contributed by atoms with E-state index < -0.39 is 0 Å². The summed E-state index contributed by atoms with van der Waals surface area (Å²) in [5, 5.41) is 3.57. The summed E-state index contributed by atoms with van der Waals surface area (Å²) in [5.74, 6) is 0.928. The van der Waals surface area contributed by atoms with Crippen molar-refractivity contribution in [2.24, 2.45) is 5.73 Å². The topological polar surface area (TPSA) is 68.3 Å². The van der Waals surface area contributed by atoms with Crippen molar-refractivity contribution in [2.45, 2.75) is 39.3 Å². The minimum Gasteiger partial charge on any atom is -0.494 e. The number of rotatable bonds is 13. The molecule has 26 heavy (non-hydrogen) atoms. The average Bonchev–Trinajstić information content (AvgIpc) is 3.19. The number of ether oxygens (including phenoxy) is 1. The summed E-state index contributed by atoms with van der Waals surface area (Å²) in [5.41, 5.74) is 6.94. The third-order valence-electron chi connectivity index (χ3n) is 4.58. The smallest absolute Gasteiger partial charge is 0.119 e. The summed E-state index contributed by atoms with van der Waals surface area (Å²) in [6.45, 7) is 9.58. The second kappa shape index (κ2) is 11.7. The lowest BCUT2D eigenvalue weighted by atomic mass is 10.1. The lowest BCUT2D eigenvalue weighted by molar-refractivity contribution is 0.246. The van der Waals surface area contributed by atoms with Gasteiger partial charge in [-0.1, -0.05) is 19.1 Å². The van der Waals surface area contributed by atoms with Crippen LogP contribution in [0.15, 0.2) is 43.0 Å². The second-order valence-corrected chi connectivity index (χ2v) is 6.49. The van der Waals surface area contributed by atoms with Crippen molar-refractivity contribution in [1.82, 2.24) is 19.8 Å². The first-order valence-electron chi connectivity index (χ1n) is 9.57. The average molecular weight is 360 g/mol. The van der Waals surface area contributed by atoms with Crippen LogP contribution in [0.4, 0.5) is 0 Å². The molecule has 0 amide bonds. The standard InChI is InChI=1S/C20H33N5O/c1-3-24(16-21)13-5-15-26-20-8-6-19(7-9-20)18(2)23-10-4-12-25-14-11-22-17-25/h6-9,11,14,17-18,23H,3-5,10,12-13,15-16,21H2,1-2H3. The molecule has 1 aromatic heterocycles. The number of hydrogen-bond donors (Lipinski definition) is 2. The molecular formula is C20H33N5O. The van der Waals surface area contributed by atoms with Gasteiger partial charge in [-0.05, 0) is 50.6 Å². The Labute approximate surface area is 157 Å². The Kier molecular flexibility index (Phi) is 9.17. The molecule has 2 rings (SSSR count). The van der Waals surface area contributed by atoms with Crippen LogP contribution in [0.3, 0.4) is 0 Å². The van der Waals surface area contributed by atoms with E-state index in [0.29, 0.717) is 12.7 Å². The van der Waals surface area contributed by atoms with E-state index in [9.17, 15) is 0 Å². The molecule has 144 valence electrons. The predicted octanol–water partition coefficient (Wildman–Crippen LogP) is 2.63. The molecule has 0 bridgehead atoms. The highest BCUT2D eigenvalue weighted by atomic mass is 16.5. The summed E-state index contributed by atoms with van der Waals surface area (Å²) in [6, 6.07) is 8.72. The lowest BCUT2D eigenvalue weighted by Crippen LogP contribution is -2.31. The minimum atomic E-state index is 0.328. The van der Waals surface area contributed by atoms with Crippen LogP contribution in [0.5, 0.6) is 5.75 Å². The third kappa shape index (κ3) is 7.15. The van der Waals surface area contributed by atoms with Gasteiger partial charge in [-0.25, -0.2) is 4.98 Å². The fourth-order valence-corrected chi connectivity index (χ4v) is 2.83. The van der Waals surface area contributed by atoms with Gasteiger partial charge in [0.05, 0.1) is 12.9 Å². The Hall–Kier alpha value is -1.89. The van der Waals surface area contributed by atoms with Crippen molar-refractivity contribution >= 4 is 0 Å². The van der Waals surface area contributed by atoms with Gasteiger partial charge in [0.1, 0.15) is 5.75 Å². The Morgan fingerprint density at radius 1 is 1.27 bits per heavy atom. The Balaban J connectivity index is 1.64. The largest absolute Gasteiger partial charge is 0.494 e. The number of aromatic nitrogens is 2. The van der Waals surface area contributed by atoms with Crippen molar-refractivity contribution < 1.29 is 4.74 Å². The number of aryl methyl sites for hydroxylation is 1. The quantitative estimate of drug-likeness (QED) is 0.425. The summed E-state index contributed by atoms with van der Waals surface area (Å²) >= 11 is 0. The summed E-state index contributed by atoms with van der Waals surface area (Å²) < 4.78 is 7.93. The maximum absolute atomic E-state index is 5.82. The molecule has 0 saturated heterocycles.